The lowest BCUT2D eigenvalue weighted by Crippen LogP contribution is -2.33. The van der Waals surface area contributed by atoms with Gasteiger partial charge in [-0.15, -0.1) is 0 Å². The minimum absolute atomic E-state index is 0.0244. The highest BCUT2D eigenvalue weighted by Gasteiger charge is 2.19. The summed E-state index contributed by atoms with van der Waals surface area (Å²) in [7, 11) is 0. The van der Waals surface area contributed by atoms with Crippen molar-refractivity contribution in [2.45, 2.75) is 32.9 Å². The first kappa shape index (κ1) is 14.2. The van der Waals surface area contributed by atoms with E-state index >= 15 is 0 Å². The number of aliphatic carboxylic acids is 1. The van der Waals surface area contributed by atoms with E-state index in [1.165, 1.54) is 12.1 Å². The maximum atomic E-state index is 10.6. The molecule has 18 heavy (non-hydrogen) atoms. The van der Waals surface area contributed by atoms with E-state index in [9.17, 15) is 14.9 Å². The summed E-state index contributed by atoms with van der Waals surface area (Å²) >= 11 is 0. The van der Waals surface area contributed by atoms with Gasteiger partial charge in [0.05, 0.1) is 19.0 Å². The Hall–Kier alpha value is -1.89. The van der Waals surface area contributed by atoms with Gasteiger partial charge < -0.3 is 9.52 Å². The average Bonchev–Trinajstić information content (AvgIpc) is 2.73. The van der Waals surface area contributed by atoms with E-state index in [0.29, 0.717) is 18.8 Å². The van der Waals surface area contributed by atoms with E-state index in [-0.39, 0.29) is 18.3 Å². The molecule has 0 bridgehead atoms. The van der Waals surface area contributed by atoms with E-state index < -0.39 is 10.9 Å². The number of carboxylic acid groups (broad SMARTS) is 1. The first-order valence-corrected chi connectivity index (χ1v) is 5.63. The summed E-state index contributed by atoms with van der Waals surface area (Å²) in [6.07, 6.45) is 0.0244. The van der Waals surface area contributed by atoms with Crippen LogP contribution in [0.15, 0.2) is 16.5 Å². The molecular weight excluding hydrogens is 240 g/mol. The van der Waals surface area contributed by atoms with Gasteiger partial charge in [-0.2, -0.15) is 0 Å². The molecule has 1 N–H and O–H groups in total. The zero-order chi connectivity index (χ0) is 13.7. The molecule has 0 aliphatic heterocycles. The normalized spacial score (nSPS) is 12.6. The second kappa shape index (κ2) is 6.15. The Labute approximate surface area is 104 Å². The molecule has 7 heteroatoms. The topological polar surface area (TPSA) is 96.8 Å². The van der Waals surface area contributed by atoms with Gasteiger partial charge in [-0.3, -0.25) is 19.8 Å². The second-order valence-electron chi connectivity index (χ2n) is 4.01. The molecule has 0 fully saturated rings. The number of carboxylic acids is 1. The number of hydrogen-bond donors (Lipinski definition) is 1. The van der Waals surface area contributed by atoms with Crippen LogP contribution in [-0.2, 0) is 11.3 Å². The number of nitrogens with zero attached hydrogens (tertiary/aromatic N) is 2. The van der Waals surface area contributed by atoms with Crippen molar-refractivity contribution in [1.82, 2.24) is 4.90 Å². The summed E-state index contributed by atoms with van der Waals surface area (Å²) in [4.78, 5) is 22.4. The number of furan rings is 1. The molecule has 1 rings (SSSR count). The van der Waals surface area contributed by atoms with Crippen molar-refractivity contribution in [2.75, 3.05) is 6.54 Å². The highest BCUT2D eigenvalue weighted by atomic mass is 16.6. The molecule has 0 aromatic carbocycles. The van der Waals surface area contributed by atoms with E-state index in [1.807, 2.05) is 11.8 Å². The molecule has 0 aliphatic carbocycles. The van der Waals surface area contributed by atoms with Gasteiger partial charge in [-0.05, 0) is 19.5 Å². The second-order valence-corrected chi connectivity index (χ2v) is 4.01. The van der Waals surface area contributed by atoms with Crippen molar-refractivity contribution in [3.63, 3.8) is 0 Å². The van der Waals surface area contributed by atoms with Gasteiger partial charge in [0.25, 0.3) is 0 Å². The van der Waals surface area contributed by atoms with Crippen LogP contribution in [0.1, 0.15) is 26.0 Å². The first-order chi connectivity index (χ1) is 8.43. The lowest BCUT2D eigenvalue weighted by molar-refractivity contribution is -0.402. The minimum atomic E-state index is -0.869. The van der Waals surface area contributed by atoms with Crippen LogP contribution < -0.4 is 0 Å². The van der Waals surface area contributed by atoms with Gasteiger partial charge in [0.2, 0.25) is 0 Å². The van der Waals surface area contributed by atoms with E-state index in [4.69, 9.17) is 9.52 Å². The van der Waals surface area contributed by atoms with Gasteiger partial charge in [0.15, 0.2) is 0 Å². The van der Waals surface area contributed by atoms with Crippen LogP contribution >= 0.6 is 0 Å². The SMILES string of the molecule is CCN(Cc1ccc([N+](=O)[O-])o1)C(C)CC(=O)O. The van der Waals surface area contributed by atoms with Crippen molar-refractivity contribution < 1.29 is 19.2 Å². The van der Waals surface area contributed by atoms with Gasteiger partial charge in [-0.1, -0.05) is 6.92 Å². The molecule has 1 heterocycles. The number of hydrogen-bond acceptors (Lipinski definition) is 5. The van der Waals surface area contributed by atoms with Crippen LogP contribution in [0.3, 0.4) is 0 Å². The van der Waals surface area contributed by atoms with Crippen molar-refractivity contribution in [3.05, 3.63) is 28.0 Å². The summed E-state index contributed by atoms with van der Waals surface area (Å²) in [6, 6.07) is 2.68. The van der Waals surface area contributed by atoms with Crippen molar-refractivity contribution in [1.29, 1.82) is 0 Å². The number of rotatable bonds is 7. The fraction of sp³-hybridized carbons (Fsp3) is 0.545. The molecule has 1 unspecified atom stereocenters. The third kappa shape index (κ3) is 3.85. The van der Waals surface area contributed by atoms with Crippen LogP contribution in [0.25, 0.3) is 0 Å². The molecule has 0 saturated carbocycles. The Kier molecular flexibility index (Phi) is 4.85. The Morgan fingerprint density at radius 2 is 2.28 bits per heavy atom. The standard InChI is InChI=1S/C11H16N2O5/c1-3-12(8(2)6-11(14)15)7-9-4-5-10(18-9)13(16)17/h4-5,8H,3,6-7H2,1-2H3,(H,14,15). The third-order valence-electron chi connectivity index (χ3n) is 2.69. The smallest absolute Gasteiger partial charge is 0.433 e. The van der Waals surface area contributed by atoms with E-state index in [1.54, 1.807) is 6.92 Å². The fourth-order valence-corrected chi connectivity index (χ4v) is 1.71. The van der Waals surface area contributed by atoms with Gasteiger partial charge in [-0.25, -0.2) is 0 Å². The molecule has 1 atom stereocenters. The third-order valence-corrected chi connectivity index (χ3v) is 2.69. The zero-order valence-corrected chi connectivity index (χ0v) is 10.3. The summed E-state index contributed by atoms with van der Waals surface area (Å²) in [6.45, 7) is 4.70. The minimum Gasteiger partial charge on any atom is -0.481 e. The molecular formula is C11H16N2O5. The zero-order valence-electron chi connectivity index (χ0n) is 10.3. The predicted molar refractivity (Wildman–Crippen MR) is 63.2 cm³/mol. The van der Waals surface area contributed by atoms with E-state index in [2.05, 4.69) is 0 Å². The molecule has 7 nitrogen and oxygen atoms in total. The van der Waals surface area contributed by atoms with Crippen LogP contribution in [0.5, 0.6) is 0 Å². The van der Waals surface area contributed by atoms with Crippen molar-refractivity contribution in [3.8, 4) is 0 Å². The molecule has 0 saturated heterocycles. The summed E-state index contributed by atoms with van der Waals surface area (Å²) in [5.74, 6) is -0.709. The van der Waals surface area contributed by atoms with Crippen molar-refractivity contribution in [2.24, 2.45) is 0 Å². The van der Waals surface area contributed by atoms with Crippen molar-refractivity contribution >= 4 is 11.9 Å². The summed E-state index contributed by atoms with van der Waals surface area (Å²) in [5.41, 5.74) is 0. The highest BCUT2D eigenvalue weighted by Crippen LogP contribution is 2.18. The van der Waals surface area contributed by atoms with Crippen LogP contribution in [0.2, 0.25) is 0 Å². The average molecular weight is 256 g/mol. The van der Waals surface area contributed by atoms with Gasteiger partial charge >= 0.3 is 11.9 Å². The quantitative estimate of drug-likeness (QED) is 0.590. The Morgan fingerprint density at radius 1 is 1.61 bits per heavy atom. The molecule has 0 radical (unpaired) electrons. The molecule has 0 amide bonds. The van der Waals surface area contributed by atoms with Crippen LogP contribution in [0.4, 0.5) is 5.88 Å². The van der Waals surface area contributed by atoms with Crippen LogP contribution in [0, 0.1) is 10.1 Å². The molecule has 0 spiro atoms. The van der Waals surface area contributed by atoms with Gasteiger partial charge in [0, 0.05) is 6.04 Å². The summed E-state index contributed by atoms with van der Waals surface area (Å²) < 4.78 is 5.04. The molecule has 100 valence electrons. The Bertz CT molecular complexity index is 429. The molecule has 1 aromatic heterocycles. The Balaban J connectivity index is 2.66. The van der Waals surface area contributed by atoms with Crippen LogP contribution in [-0.4, -0.2) is 33.5 Å². The lowest BCUT2D eigenvalue weighted by atomic mass is 10.2. The molecule has 1 aromatic rings. The van der Waals surface area contributed by atoms with Gasteiger partial charge in [0.1, 0.15) is 10.7 Å². The van der Waals surface area contributed by atoms with E-state index in [0.717, 1.165) is 0 Å². The Morgan fingerprint density at radius 3 is 2.72 bits per heavy atom. The molecule has 0 aliphatic rings. The maximum Gasteiger partial charge on any atom is 0.433 e. The largest absolute Gasteiger partial charge is 0.481 e. The lowest BCUT2D eigenvalue weighted by Gasteiger charge is -2.25. The first-order valence-electron chi connectivity index (χ1n) is 5.63. The predicted octanol–water partition coefficient (Wildman–Crippen LogP) is 1.87. The summed E-state index contributed by atoms with van der Waals surface area (Å²) in [5, 5.41) is 19.2. The number of nitro groups is 1. The monoisotopic (exact) mass is 256 g/mol. The number of carbonyl (C=O) groups is 1. The highest BCUT2D eigenvalue weighted by molar-refractivity contribution is 5.67. The maximum absolute atomic E-state index is 10.6. The fourth-order valence-electron chi connectivity index (χ4n) is 1.71.